The van der Waals surface area contributed by atoms with Crippen molar-refractivity contribution in [1.82, 2.24) is 0 Å². The fourth-order valence-electron chi connectivity index (χ4n) is 2.10. The van der Waals surface area contributed by atoms with E-state index in [1.807, 2.05) is 0 Å². The van der Waals surface area contributed by atoms with Gasteiger partial charge in [0, 0.05) is 15.2 Å². The predicted octanol–water partition coefficient (Wildman–Crippen LogP) is 2.64. The zero-order valence-corrected chi connectivity index (χ0v) is 10.4. The molecule has 1 aliphatic carbocycles. The van der Waals surface area contributed by atoms with Crippen LogP contribution in [0.5, 0.6) is 5.75 Å². The number of rotatable bonds is 1. The number of ether oxygens (including phenoxy) is 1. The smallest absolute Gasteiger partial charge is 0.124 e. The summed E-state index contributed by atoms with van der Waals surface area (Å²) in [6.45, 7) is 0. The highest BCUT2D eigenvalue weighted by molar-refractivity contribution is 14.1. The molecule has 0 amide bonds. The normalized spacial score (nSPS) is 20.4. The number of hydrogen-bond acceptors (Lipinski definition) is 2. The van der Waals surface area contributed by atoms with E-state index in [1.165, 1.54) is 21.1 Å². The molecule has 3 heteroatoms. The second kappa shape index (κ2) is 4.06. The van der Waals surface area contributed by atoms with E-state index in [1.54, 1.807) is 7.11 Å². The molecule has 1 aliphatic rings. The number of nitrogens with two attached hydrogens (primary N) is 1. The zero-order chi connectivity index (χ0) is 10.1. The van der Waals surface area contributed by atoms with Crippen LogP contribution in [-0.4, -0.2) is 7.11 Å². The van der Waals surface area contributed by atoms with Crippen LogP contribution in [-0.2, 0) is 6.42 Å². The summed E-state index contributed by atoms with van der Waals surface area (Å²) in [5.41, 5.74) is 8.68. The van der Waals surface area contributed by atoms with Gasteiger partial charge in [0.1, 0.15) is 5.75 Å². The van der Waals surface area contributed by atoms with Crippen molar-refractivity contribution in [2.45, 2.75) is 25.3 Å². The minimum Gasteiger partial charge on any atom is -0.496 e. The maximum atomic E-state index is 6.09. The topological polar surface area (TPSA) is 35.2 Å². The van der Waals surface area contributed by atoms with Crippen LogP contribution in [0, 0.1) is 3.57 Å². The minimum atomic E-state index is 0.158. The van der Waals surface area contributed by atoms with Crippen molar-refractivity contribution >= 4 is 22.6 Å². The highest BCUT2D eigenvalue weighted by Gasteiger charge is 2.21. The van der Waals surface area contributed by atoms with E-state index in [4.69, 9.17) is 10.5 Å². The molecule has 1 unspecified atom stereocenters. The molecule has 2 N–H and O–H groups in total. The lowest BCUT2D eigenvalue weighted by atomic mass is 9.87. The number of aryl methyl sites for hydroxylation is 1. The summed E-state index contributed by atoms with van der Waals surface area (Å²) < 4.78 is 6.61. The van der Waals surface area contributed by atoms with E-state index in [0.717, 1.165) is 18.6 Å². The molecule has 0 radical (unpaired) electrons. The Kier molecular flexibility index (Phi) is 2.97. The van der Waals surface area contributed by atoms with Crippen LogP contribution >= 0.6 is 22.6 Å². The Morgan fingerprint density at radius 2 is 2.29 bits per heavy atom. The Morgan fingerprint density at radius 3 is 3.00 bits per heavy atom. The SMILES string of the molecule is COc1cc(I)cc2c1C(N)CCC2. The summed E-state index contributed by atoms with van der Waals surface area (Å²) in [4.78, 5) is 0. The summed E-state index contributed by atoms with van der Waals surface area (Å²) in [6.07, 6.45) is 3.40. The number of benzene rings is 1. The Morgan fingerprint density at radius 1 is 1.50 bits per heavy atom. The fourth-order valence-corrected chi connectivity index (χ4v) is 2.76. The van der Waals surface area contributed by atoms with E-state index in [9.17, 15) is 0 Å². The van der Waals surface area contributed by atoms with Crippen molar-refractivity contribution in [2.24, 2.45) is 5.73 Å². The largest absolute Gasteiger partial charge is 0.496 e. The molecule has 1 aromatic carbocycles. The van der Waals surface area contributed by atoms with Crippen LogP contribution < -0.4 is 10.5 Å². The van der Waals surface area contributed by atoms with Crippen LogP contribution in [0.15, 0.2) is 12.1 Å². The predicted molar refractivity (Wildman–Crippen MR) is 65.6 cm³/mol. The standard InChI is InChI=1S/C11H14INO/c1-14-10-6-8(12)5-7-3-2-4-9(13)11(7)10/h5-6,9H,2-4,13H2,1H3. The molecule has 0 fully saturated rings. The zero-order valence-electron chi connectivity index (χ0n) is 8.22. The van der Waals surface area contributed by atoms with Gasteiger partial charge in [-0.1, -0.05) is 0 Å². The monoisotopic (exact) mass is 303 g/mol. The summed E-state index contributed by atoms with van der Waals surface area (Å²) in [7, 11) is 1.72. The van der Waals surface area contributed by atoms with Crippen LogP contribution in [0.25, 0.3) is 0 Å². The third-order valence-electron chi connectivity index (χ3n) is 2.74. The molecular formula is C11H14INO. The van der Waals surface area contributed by atoms with Crippen molar-refractivity contribution in [3.63, 3.8) is 0 Å². The molecular weight excluding hydrogens is 289 g/mol. The molecule has 0 saturated heterocycles. The highest BCUT2D eigenvalue weighted by Crippen LogP contribution is 2.36. The fraction of sp³-hybridized carbons (Fsp3) is 0.455. The van der Waals surface area contributed by atoms with Gasteiger partial charge in [-0.2, -0.15) is 0 Å². The lowest BCUT2D eigenvalue weighted by Gasteiger charge is -2.24. The highest BCUT2D eigenvalue weighted by atomic mass is 127. The summed E-state index contributed by atoms with van der Waals surface area (Å²) in [5, 5.41) is 0. The first-order valence-electron chi connectivity index (χ1n) is 4.84. The first-order valence-corrected chi connectivity index (χ1v) is 5.92. The van der Waals surface area contributed by atoms with Gasteiger partial charge in [0.2, 0.25) is 0 Å². The molecule has 0 aromatic heterocycles. The van der Waals surface area contributed by atoms with Gasteiger partial charge in [-0.25, -0.2) is 0 Å². The molecule has 2 nitrogen and oxygen atoms in total. The lowest BCUT2D eigenvalue weighted by Crippen LogP contribution is -2.18. The molecule has 1 atom stereocenters. The quantitative estimate of drug-likeness (QED) is 0.810. The van der Waals surface area contributed by atoms with Crippen LogP contribution in [0.3, 0.4) is 0 Å². The maximum Gasteiger partial charge on any atom is 0.124 e. The van der Waals surface area contributed by atoms with E-state index in [-0.39, 0.29) is 6.04 Å². The van der Waals surface area contributed by atoms with Crippen LogP contribution in [0.1, 0.15) is 30.0 Å². The van der Waals surface area contributed by atoms with Gasteiger partial charge < -0.3 is 10.5 Å². The minimum absolute atomic E-state index is 0.158. The van der Waals surface area contributed by atoms with Gasteiger partial charge in [-0.3, -0.25) is 0 Å². The molecule has 0 bridgehead atoms. The second-order valence-corrected chi connectivity index (χ2v) is 4.93. The first kappa shape index (κ1) is 10.2. The molecule has 0 aliphatic heterocycles. The Bertz CT molecular complexity index is 334. The van der Waals surface area contributed by atoms with Gasteiger partial charge in [0.05, 0.1) is 7.11 Å². The summed E-state index contributed by atoms with van der Waals surface area (Å²) in [5.74, 6) is 0.958. The van der Waals surface area contributed by atoms with E-state index in [0.29, 0.717) is 0 Å². The average molecular weight is 303 g/mol. The second-order valence-electron chi connectivity index (χ2n) is 3.68. The van der Waals surface area contributed by atoms with Crippen molar-refractivity contribution in [3.05, 3.63) is 26.8 Å². The van der Waals surface area contributed by atoms with Crippen molar-refractivity contribution in [2.75, 3.05) is 7.11 Å². The number of fused-ring (bicyclic) bond motifs is 1. The van der Waals surface area contributed by atoms with Crippen molar-refractivity contribution in [3.8, 4) is 5.75 Å². The first-order chi connectivity index (χ1) is 6.72. The number of methoxy groups -OCH3 is 1. The Balaban J connectivity index is 2.55. The van der Waals surface area contributed by atoms with Crippen LogP contribution in [0.2, 0.25) is 0 Å². The molecule has 0 heterocycles. The van der Waals surface area contributed by atoms with Crippen molar-refractivity contribution in [1.29, 1.82) is 0 Å². The third kappa shape index (κ3) is 1.75. The number of halogens is 1. The van der Waals surface area contributed by atoms with Crippen molar-refractivity contribution < 1.29 is 4.74 Å². The van der Waals surface area contributed by atoms with Gasteiger partial charge in [-0.15, -0.1) is 0 Å². The molecule has 1 aromatic rings. The van der Waals surface area contributed by atoms with E-state index in [2.05, 4.69) is 34.7 Å². The van der Waals surface area contributed by atoms with E-state index >= 15 is 0 Å². The van der Waals surface area contributed by atoms with Crippen LogP contribution in [0.4, 0.5) is 0 Å². The third-order valence-corrected chi connectivity index (χ3v) is 3.37. The summed E-state index contributed by atoms with van der Waals surface area (Å²) in [6, 6.07) is 4.44. The van der Waals surface area contributed by atoms with E-state index < -0.39 is 0 Å². The van der Waals surface area contributed by atoms with Gasteiger partial charge in [-0.05, 0) is 59.5 Å². The molecule has 0 saturated carbocycles. The molecule has 2 rings (SSSR count). The van der Waals surface area contributed by atoms with Gasteiger partial charge >= 0.3 is 0 Å². The van der Waals surface area contributed by atoms with Gasteiger partial charge in [0.25, 0.3) is 0 Å². The maximum absolute atomic E-state index is 6.09. The Hall–Kier alpha value is -0.290. The molecule has 0 spiro atoms. The number of hydrogen-bond donors (Lipinski definition) is 1. The molecule has 76 valence electrons. The Labute approximate surface area is 98.0 Å². The van der Waals surface area contributed by atoms with Gasteiger partial charge in [0.15, 0.2) is 0 Å². The molecule has 14 heavy (non-hydrogen) atoms. The summed E-state index contributed by atoms with van der Waals surface area (Å²) >= 11 is 2.32. The lowest BCUT2D eigenvalue weighted by molar-refractivity contribution is 0.398. The average Bonchev–Trinajstić information content (AvgIpc) is 2.16.